The molecule has 2 aromatic carbocycles. The normalized spacial score (nSPS) is 12.3. The zero-order chi connectivity index (χ0) is 25.4. The zero-order valence-corrected chi connectivity index (χ0v) is 21.1. The molecule has 1 heterocycles. The molecule has 2 unspecified atom stereocenters. The number of anilines is 2. The number of hydrogen-bond acceptors (Lipinski definition) is 8. The molecule has 3 amide bonds. The highest BCUT2D eigenvalue weighted by Gasteiger charge is 2.27. The number of nitrogens with zero attached hydrogens (tertiary/aromatic N) is 2. The van der Waals surface area contributed by atoms with Crippen molar-refractivity contribution in [3.8, 4) is 27.8 Å². The second-order valence-electron chi connectivity index (χ2n) is 7.69. The smallest absolute Gasteiger partial charge is 0.319 e. The largest absolute Gasteiger partial charge is 0.497 e. The molecule has 0 fully saturated rings. The van der Waals surface area contributed by atoms with Crippen molar-refractivity contribution in [2.75, 3.05) is 32.0 Å². The van der Waals surface area contributed by atoms with Crippen LogP contribution in [0.1, 0.15) is 20.3 Å². The predicted octanol–water partition coefficient (Wildman–Crippen LogP) is 4.41. The minimum Gasteiger partial charge on any atom is -0.497 e. The van der Waals surface area contributed by atoms with E-state index in [2.05, 4.69) is 26.1 Å². The van der Waals surface area contributed by atoms with Gasteiger partial charge in [0.1, 0.15) is 28.3 Å². The molecule has 186 valence electrons. The summed E-state index contributed by atoms with van der Waals surface area (Å²) in [5, 5.41) is 17.5. The molecule has 0 aliphatic rings. The number of aromatic nitrogens is 2. The monoisotopic (exact) mass is 499 g/mol. The second-order valence-corrected chi connectivity index (χ2v) is 8.67. The molecule has 10 nitrogen and oxygen atoms in total. The number of methoxy groups -OCH3 is 3. The molecule has 0 saturated heterocycles. The highest BCUT2D eigenvalue weighted by atomic mass is 32.1. The van der Waals surface area contributed by atoms with Crippen molar-refractivity contribution >= 4 is 34.1 Å². The third kappa shape index (κ3) is 6.82. The number of amides is 3. The van der Waals surface area contributed by atoms with Crippen LogP contribution in [0.15, 0.2) is 42.5 Å². The van der Waals surface area contributed by atoms with Gasteiger partial charge in [0, 0.05) is 29.4 Å². The molecule has 0 radical (unpaired) electrons. The molecule has 0 aliphatic heterocycles. The Kier molecular flexibility index (Phi) is 8.85. The fourth-order valence-electron chi connectivity index (χ4n) is 3.20. The van der Waals surface area contributed by atoms with Crippen molar-refractivity contribution in [1.29, 1.82) is 0 Å². The molecule has 0 spiro atoms. The maximum Gasteiger partial charge on any atom is 0.319 e. The second kappa shape index (κ2) is 12.0. The van der Waals surface area contributed by atoms with Gasteiger partial charge in [-0.25, -0.2) is 4.79 Å². The van der Waals surface area contributed by atoms with E-state index in [4.69, 9.17) is 14.2 Å². The Hall–Kier alpha value is -3.86. The molecule has 0 saturated carbocycles. The van der Waals surface area contributed by atoms with Gasteiger partial charge in [0.15, 0.2) is 0 Å². The van der Waals surface area contributed by atoms with Crippen molar-refractivity contribution < 1.29 is 23.8 Å². The summed E-state index contributed by atoms with van der Waals surface area (Å²) < 4.78 is 15.6. The quantitative estimate of drug-likeness (QED) is 0.378. The number of carbonyl (C=O) groups is 2. The maximum atomic E-state index is 13.1. The van der Waals surface area contributed by atoms with E-state index >= 15 is 0 Å². The van der Waals surface area contributed by atoms with Crippen LogP contribution < -0.4 is 30.2 Å². The van der Waals surface area contributed by atoms with Crippen LogP contribution in [0, 0.1) is 5.92 Å². The summed E-state index contributed by atoms with van der Waals surface area (Å²) in [4.78, 5) is 25.8. The number of benzene rings is 2. The molecule has 3 aromatic rings. The molecule has 1 aromatic heterocycles. The van der Waals surface area contributed by atoms with Gasteiger partial charge in [-0.2, -0.15) is 0 Å². The minimum absolute atomic E-state index is 0.130. The molecule has 35 heavy (non-hydrogen) atoms. The van der Waals surface area contributed by atoms with Crippen LogP contribution in [0.5, 0.6) is 17.2 Å². The summed E-state index contributed by atoms with van der Waals surface area (Å²) in [6, 6.07) is 11.1. The van der Waals surface area contributed by atoms with Crippen LogP contribution >= 0.6 is 11.3 Å². The Morgan fingerprint density at radius 1 is 0.914 bits per heavy atom. The molecule has 3 N–H and O–H groups in total. The average molecular weight is 500 g/mol. The molecule has 3 rings (SSSR count). The first kappa shape index (κ1) is 25.8. The summed E-state index contributed by atoms with van der Waals surface area (Å²) >= 11 is 1.24. The van der Waals surface area contributed by atoms with Crippen molar-refractivity contribution in [1.82, 2.24) is 15.5 Å². The van der Waals surface area contributed by atoms with Crippen LogP contribution in [0.3, 0.4) is 0 Å². The van der Waals surface area contributed by atoms with Crippen molar-refractivity contribution in [3.05, 3.63) is 42.5 Å². The van der Waals surface area contributed by atoms with Crippen molar-refractivity contribution in [2.45, 2.75) is 26.3 Å². The van der Waals surface area contributed by atoms with Crippen molar-refractivity contribution in [3.63, 3.8) is 0 Å². The van der Waals surface area contributed by atoms with Gasteiger partial charge < -0.3 is 24.8 Å². The summed E-state index contributed by atoms with van der Waals surface area (Å²) in [6.45, 7) is 3.84. The van der Waals surface area contributed by atoms with Crippen LogP contribution in [0.25, 0.3) is 10.6 Å². The fraction of sp³-hybridized carbons (Fsp3) is 0.333. The molecule has 11 heteroatoms. The number of hydrogen-bond donors (Lipinski definition) is 3. The van der Waals surface area contributed by atoms with E-state index in [0.29, 0.717) is 33.7 Å². The zero-order valence-electron chi connectivity index (χ0n) is 20.2. The molecular formula is C24H29N5O5S. The highest BCUT2D eigenvalue weighted by Crippen LogP contribution is 2.28. The Labute approximate surface area is 208 Å². The van der Waals surface area contributed by atoms with Crippen LogP contribution in [-0.2, 0) is 4.79 Å². The number of carbonyl (C=O) groups excluding carboxylic acids is 2. The summed E-state index contributed by atoms with van der Waals surface area (Å²) in [5.74, 6) is 1.28. The Bertz CT molecular complexity index is 1130. The van der Waals surface area contributed by atoms with Gasteiger partial charge in [-0.3, -0.25) is 10.1 Å². The number of nitrogens with one attached hydrogen (secondary N) is 3. The Balaban J connectivity index is 1.68. The lowest BCUT2D eigenvalue weighted by molar-refractivity contribution is -0.119. The van der Waals surface area contributed by atoms with E-state index in [0.717, 1.165) is 11.3 Å². The molecule has 2 atom stereocenters. The Morgan fingerprint density at radius 3 is 2.11 bits per heavy atom. The van der Waals surface area contributed by atoms with Gasteiger partial charge in [0.2, 0.25) is 11.0 Å². The predicted molar refractivity (Wildman–Crippen MR) is 135 cm³/mol. The molecule has 0 bridgehead atoms. The lowest BCUT2D eigenvalue weighted by atomic mass is 9.98. The van der Waals surface area contributed by atoms with Crippen LogP contribution in [0.4, 0.5) is 15.6 Å². The highest BCUT2D eigenvalue weighted by molar-refractivity contribution is 7.18. The summed E-state index contributed by atoms with van der Waals surface area (Å²) in [6.07, 6.45) is 0.679. The van der Waals surface area contributed by atoms with Gasteiger partial charge in [0.25, 0.3) is 0 Å². The van der Waals surface area contributed by atoms with E-state index in [9.17, 15) is 9.59 Å². The standard InChI is InChI=1S/C24H29N5O5S/c1-6-14(2)20(26-23(31)25-16-11-18(33-4)13-19(12-16)34-5)21(30)27-24-29-28-22(35-24)15-7-9-17(32-3)10-8-15/h7-14,20H,6H2,1-5H3,(H2,25,26,31)(H,27,29,30). The number of ether oxygens (including phenoxy) is 3. The van der Waals surface area contributed by atoms with Gasteiger partial charge >= 0.3 is 6.03 Å². The van der Waals surface area contributed by atoms with Crippen LogP contribution in [0.2, 0.25) is 0 Å². The first-order chi connectivity index (χ1) is 16.9. The van der Waals surface area contributed by atoms with Crippen molar-refractivity contribution in [2.24, 2.45) is 5.92 Å². The maximum absolute atomic E-state index is 13.1. The van der Waals surface area contributed by atoms with E-state index < -0.39 is 12.1 Å². The average Bonchev–Trinajstić information content (AvgIpc) is 3.34. The molecular weight excluding hydrogens is 470 g/mol. The first-order valence-corrected chi connectivity index (χ1v) is 11.8. The van der Waals surface area contributed by atoms with E-state index in [-0.39, 0.29) is 11.8 Å². The summed E-state index contributed by atoms with van der Waals surface area (Å²) in [5.41, 5.74) is 1.32. The number of urea groups is 1. The van der Waals surface area contributed by atoms with Crippen LogP contribution in [-0.4, -0.2) is 49.5 Å². The Morgan fingerprint density at radius 2 is 1.54 bits per heavy atom. The lowest BCUT2D eigenvalue weighted by Gasteiger charge is -2.23. The fourth-order valence-corrected chi connectivity index (χ4v) is 3.95. The topological polar surface area (TPSA) is 124 Å². The molecule has 0 aliphatic carbocycles. The first-order valence-electron chi connectivity index (χ1n) is 11.0. The van der Waals surface area contributed by atoms with Gasteiger partial charge in [-0.1, -0.05) is 31.6 Å². The van der Waals surface area contributed by atoms with Gasteiger partial charge in [-0.05, 0) is 30.2 Å². The third-order valence-corrected chi connectivity index (χ3v) is 6.27. The third-order valence-electron chi connectivity index (χ3n) is 5.38. The van der Waals surface area contributed by atoms with E-state index in [1.165, 1.54) is 25.6 Å². The van der Waals surface area contributed by atoms with Gasteiger partial charge in [0.05, 0.1) is 21.3 Å². The van der Waals surface area contributed by atoms with E-state index in [1.54, 1.807) is 25.3 Å². The van der Waals surface area contributed by atoms with E-state index in [1.807, 2.05) is 38.1 Å². The SMILES string of the molecule is CCC(C)C(NC(=O)Nc1cc(OC)cc(OC)c1)C(=O)Nc1nnc(-c2ccc(OC)cc2)s1. The summed E-state index contributed by atoms with van der Waals surface area (Å²) in [7, 11) is 4.65. The minimum atomic E-state index is -0.791. The number of rotatable bonds is 10. The lowest BCUT2D eigenvalue weighted by Crippen LogP contribution is -2.49. The van der Waals surface area contributed by atoms with Gasteiger partial charge in [-0.15, -0.1) is 10.2 Å².